The molecule has 3 N–H and O–H groups in total. The van der Waals surface area contributed by atoms with Gasteiger partial charge in [-0.2, -0.15) is 21.0 Å². The number of nitrogens with one attached hydrogen (secondary N) is 1. The van der Waals surface area contributed by atoms with Gasteiger partial charge in [0.1, 0.15) is 0 Å². The zero-order valence-corrected chi connectivity index (χ0v) is 17.4. The third-order valence-electron chi connectivity index (χ3n) is 3.68. The van der Waals surface area contributed by atoms with Crippen LogP contribution in [0.5, 0.6) is 5.88 Å². The van der Waals surface area contributed by atoms with Crippen molar-refractivity contribution in [2.75, 3.05) is 25.4 Å². The standard InChI is InChI=1S/C18H26N2OS.H2O4S/c1-14-6-7-17-16(12-14)15(2)13-18(20-17)21-10-5-3-4-8-19-9-11-22;1-5(2,3)4/h6-7,12-13,19,22H,3-5,8-11H2,1-2H3;(H2,1,2,3,4). The van der Waals surface area contributed by atoms with Gasteiger partial charge in [-0.15, -0.1) is 0 Å². The van der Waals surface area contributed by atoms with E-state index in [-0.39, 0.29) is 0 Å². The van der Waals surface area contributed by atoms with Crippen molar-refractivity contribution < 1.29 is 22.3 Å². The molecule has 0 aliphatic heterocycles. The zero-order valence-electron chi connectivity index (χ0n) is 15.7. The Kier molecular flexibility index (Phi) is 10.6. The molecule has 152 valence electrons. The number of benzene rings is 1. The number of nitrogens with zero attached hydrogens (tertiary/aromatic N) is 1. The van der Waals surface area contributed by atoms with Gasteiger partial charge in [-0.1, -0.05) is 11.6 Å². The van der Waals surface area contributed by atoms with Crippen molar-refractivity contribution in [3.05, 3.63) is 35.4 Å². The van der Waals surface area contributed by atoms with Gasteiger partial charge in [0.15, 0.2) is 0 Å². The van der Waals surface area contributed by atoms with Crippen molar-refractivity contribution in [1.29, 1.82) is 0 Å². The summed E-state index contributed by atoms with van der Waals surface area (Å²) in [7, 11) is -4.67. The Hall–Kier alpha value is -1.39. The van der Waals surface area contributed by atoms with Crippen molar-refractivity contribution in [2.45, 2.75) is 33.1 Å². The highest BCUT2D eigenvalue weighted by atomic mass is 32.3. The van der Waals surface area contributed by atoms with Crippen molar-refractivity contribution in [3.63, 3.8) is 0 Å². The second-order valence-electron chi connectivity index (χ2n) is 6.13. The molecule has 0 aliphatic rings. The molecule has 0 fully saturated rings. The molecular formula is C18H28N2O5S2. The number of hydrogen-bond acceptors (Lipinski definition) is 6. The van der Waals surface area contributed by atoms with Gasteiger partial charge >= 0.3 is 10.4 Å². The molecule has 0 aliphatic carbocycles. The first-order chi connectivity index (χ1) is 12.7. The zero-order chi connectivity index (χ0) is 20.3. The topological polar surface area (TPSA) is 109 Å². The van der Waals surface area contributed by atoms with Crippen molar-refractivity contribution >= 4 is 33.9 Å². The number of ether oxygens (including phenoxy) is 1. The van der Waals surface area contributed by atoms with E-state index < -0.39 is 10.4 Å². The first-order valence-electron chi connectivity index (χ1n) is 8.73. The van der Waals surface area contributed by atoms with Crippen molar-refractivity contribution in [2.24, 2.45) is 0 Å². The van der Waals surface area contributed by atoms with Crippen LogP contribution in [0.25, 0.3) is 10.9 Å². The molecule has 1 aromatic heterocycles. The Bertz CT molecular complexity index is 805. The van der Waals surface area contributed by atoms with E-state index in [9.17, 15) is 0 Å². The SMILES string of the molecule is Cc1ccc2nc(OCCCCCNCCS)cc(C)c2c1.O=S(=O)(O)O. The lowest BCUT2D eigenvalue weighted by Gasteiger charge is -2.09. The number of fused-ring (bicyclic) bond motifs is 1. The highest BCUT2D eigenvalue weighted by Crippen LogP contribution is 2.22. The van der Waals surface area contributed by atoms with E-state index in [1.54, 1.807) is 0 Å². The van der Waals surface area contributed by atoms with Crippen LogP contribution >= 0.6 is 12.6 Å². The number of thiol groups is 1. The molecule has 0 bridgehead atoms. The molecule has 0 amide bonds. The van der Waals surface area contributed by atoms with Crippen LogP contribution < -0.4 is 10.1 Å². The number of unbranched alkanes of at least 4 members (excludes halogenated alkanes) is 2. The summed E-state index contributed by atoms with van der Waals surface area (Å²) >= 11 is 4.17. The van der Waals surface area contributed by atoms with Gasteiger partial charge in [-0.05, 0) is 57.4 Å². The quantitative estimate of drug-likeness (QED) is 0.282. The Morgan fingerprint density at radius 1 is 1.11 bits per heavy atom. The van der Waals surface area contributed by atoms with Gasteiger partial charge in [0, 0.05) is 23.8 Å². The fraction of sp³-hybridized carbons (Fsp3) is 0.500. The maximum Gasteiger partial charge on any atom is 0.394 e. The van der Waals surface area contributed by atoms with Crippen LogP contribution in [0.2, 0.25) is 0 Å². The van der Waals surface area contributed by atoms with E-state index >= 15 is 0 Å². The number of rotatable bonds is 9. The lowest BCUT2D eigenvalue weighted by atomic mass is 10.1. The Labute approximate surface area is 166 Å². The summed E-state index contributed by atoms with van der Waals surface area (Å²) in [6, 6.07) is 8.38. The largest absolute Gasteiger partial charge is 0.478 e. The van der Waals surface area contributed by atoms with Crippen LogP contribution in [0.4, 0.5) is 0 Å². The number of aromatic nitrogens is 1. The Balaban J connectivity index is 0.000000646. The summed E-state index contributed by atoms with van der Waals surface area (Å²) < 4.78 is 37.4. The van der Waals surface area contributed by atoms with Gasteiger partial charge in [-0.3, -0.25) is 9.11 Å². The molecule has 7 nitrogen and oxygen atoms in total. The van der Waals surface area contributed by atoms with Gasteiger partial charge in [-0.25, -0.2) is 4.98 Å². The molecule has 0 saturated carbocycles. The first-order valence-corrected chi connectivity index (χ1v) is 10.8. The van der Waals surface area contributed by atoms with Crippen LogP contribution in [0.1, 0.15) is 30.4 Å². The fourth-order valence-electron chi connectivity index (χ4n) is 2.46. The van der Waals surface area contributed by atoms with Crippen LogP contribution in [-0.4, -0.2) is 48.0 Å². The molecule has 0 unspecified atom stereocenters. The lowest BCUT2D eigenvalue weighted by Crippen LogP contribution is -2.17. The van der Waals surface area contributed by atoms with E-state index in [2.05, 4.69) is 55.0 Å². The molecule has 9 heteroatoms. The predicted octanol–water partition coefficient (Wildman–Crippen LogP) is 3.27. The second-order valence-corrected chi connectivity index (χ2v) is 7.47. The van der Waals surface area contributed by atoms with E-state index in [0.29, 0.717) is 0 Å². The third-order valence-corrected chi connectivity index (χ3v) is 3.91. The summed E-state index contributed by atoms with van der Waals surface area (Å²) in [6.07, 6.45) is 3.42. The number of hydrogen-bond donors (Lipinski definition) is 4. The van der Waals surface area contributed by atoms with Gasteiger partial charge in [0.05, 0.1) is 12.1 Å². The molecule has 0 atom stereocenters. The maximum atomic E-state index is 8.74. The van der Waals surface area contributed by atoms with Crippen molar-refractivity contribution in [1.82, 2.24) is 10.3 Å². The smallest absolute Gasteiger partial charge is 0.394 e. The minimum atomic E-state index is -4.67. The minimum Gasteiger partial charge on any atom is -0.478 e. The monoisotopic (exact) mass is 416 g/mol. The van der Waals surface area contributed by atoms with E-state index in [0.717, 1.165) is 43.3 Å². The summed E-state index contributed by atoms with van der Waals surface area (Å²) in [5, 5.41) is 4.56. The molecular weight excluding hydrogens is 388 g/mol. The van der Waals surface area contributed by atoms with Gasteiger partial charge in [0.2, 0.25) is 5.88 Å². The highest BCUT2D eigenvalue weighted by molar-refractivity contribution is 7.80. The van der Waals surface area contributed by atoms with E-state index in [4.69, 9.17) is 22.3 Å². The normalized spacial score (nSPS) is 11.1. The summed E-state index contributed by atoms with van der Waals surface area (Å²) in [5.41, 5.74) is 3.49. The third kappa shape index (κ3) is 11.1. The molecule has 2 rings (SSSR count). The molecule has 0 saturated heterocycles. The van der Waals surface area contributed by atoms with E-state index in [1.807, 2.05) is 6.07 Å². The molecule has 2 aromatic rings. The van der Waals surface area contributed by atoms with Gasteiger partial charge in [0.25, 0.3) is 0 Å². The molecule has 1 heterocycles. The molecule has 1 aromatic carbocycles. The Morgan fingerprint density at radius 2 is 1.81 bits per heavy atom. The Morgan fingerprint density at radius 3 is 2.48 bits per heavy atom. The average Bonchev–Trinajstić information content (AvgIpc) is 2.56. The van der Waals surface area contributed by atoms with Crippen LogP contribution in [-0.2, 0) is 10.4 Å². The minimum absolute atomic E-state index is 0.733. The van der Waals surface area contributed by atoms with Crippen LogP contribution in [0.3, 0.4) is 0 Å². The van der Waals surface area contributed by atoms with Gasteiger partial charge < -0.3 is 10.1 Å². The number of pyridine rings is 1. The van der Waals surface area contributed by atoms with Crippen LogP contribution in [0.15, 0.2) is 24.3 Å². The summed E-state index contributed by atoms with van der Waals surface area (Å²) in [6.45, 7) is 7.00. The van der Waals surface area contributed by atoms with E-state index in [1.165, 1.54) is 29.4 Å². The molecule has 27 heavy (non-hydrogen) atoms. The summed E-state index contributed by atoms with van der Waals surface area (Å²) in [4.78, 5) is 4.59. The van der Waals surface area contributed by atoms with Crippen LogP contribution in [0, 0.1) is 13.8 Å². The number of aryl methyl sites for hydroxylation is 2. The summed E-state index contributed by atoms with van der Waals surface area (Å²) in [5.74, 6) is 1.64. The highest BCUT2D eigenvalue weighted by Gasteiger charge is 2.04. The second kappa shape index (κ2) is 12.1. The predicted molar refractivity (Wildman–Crippen MR) is 111 cm³/mol. The fourth-order valence-corrected chi connectivity index (χ4v) is 2.62. The average molecular weight is 417 g/mol. The molecule has 0 spiro atoms. The maximum absolute atomic E-state index is 8.74. The molecule has 0 radical (unpaired) electrons. The van der Waals surface area contributed by atoms with Crippen molar-refractivity contribution in [3.8, 4) is 5.88 Å². The lowest BCUT2D eigenvalue weighted by molar-refractivity contribution is 0.294. The first kappa shape index (κ1) is 23.6.